The van der Waals surface area contributed by atoms with E-state index in [1.165, 1.54) is 0 Å². The quantitative estimate of drug-likeness (QED) is 0.820. The molecule has 0 aromatic carbocycles. The number of hydrogen-bond acceptors (Lipinski definition) is 2. The number of aromatic nitrogens is 2. The van der Waals surface area contributed by atoms with Crippen LogP contribution in [0.15, 0.2) is 18.5 Å². The van der Waals surface area contributed by atoms with Crippen LogP contribution in [0.25, 0.3) is 5.65 Å². The molecule has 4 heteroatoms. The zero-order valence-corrected chi connectivity index (χ0v) is 8.75. The second-order valence-electron chi connectivity index (χ2n) is 3.35. The molecule has 0 aliphatic heterocycles. The smallest absolute Gasteiger partial charge is 0.155 e. The van der Waals surface area contributed by atoms with Crippen molar-refractivity contribution in [2.75, 3.05) is 6.54 Å². The standard InChI is InChI=1S/C10H12ClN3/c1-7-4-9(11)10-13-5-8(2-3-12)14(10)6-7/h4-6H,2-3,12H2,1H3. The number of fused-ring (bicyclic) bond motifs is 1. The van der Waals surface area contributed by atoms with Crippen LogP contribution in [0.3, 0.4) is 0 Å². The lowest BCUT2D eigenvalue weighted by atomic mass is 10.3. The highest BCUT2D eigenvalue weighted by atomic mass is 35.5. The van der Waals surface area contributed by atoms with E-state index in [1.54, 1.807) is 0 Å². The van der Waals surface area contributed by atoms with Crippen LogP contribution in [0.1, 0.15) is 11.3 Å². The Morgan fingerprint density at radius 2 is 2.36 bits per heavy atom. The van der Waals surface area contributed by atoms with Crippen molar-refractivity contribution in [1.82, 2.24) is 9.38 Å². The van der Waals surface area contributed by atoms with Crippen LogP contribution < -0.4 is 5.73 Å². The second kappa shape index (κ2) is 3.59. The summed E-state index contributed by atoms with van der Waals surface area (Å²) in [5, 5.41) is 0.688. The lowest BCUT2D eigenvalue weighted by Crippen LogP contribution is -2.05. The van der Waals surface area contributed by atoms with Crippen LogP contribution >= 0.6 is 11.6 Å². The minimum absolute atomic E-state index is 0.624. The van der Waals surface area contributed by atoms with Gasteiger partial charge in [0.1, 0.15) is 0 Å². The molecule has 0 saturated heterocycles. The maximum Gasteiger partial charge on any atom is 0.155 e. The van der Waals surface area contributed by atoms with E-state index in [0.29, 0.717) is 11.6 Å². The van der Waals surface area contributed by atoms with E-state index >= 15 is 0 Å². The zero-order valence-electron chi connectivity index (χ0n) is 8.00. The molecule has 0 aliphatic rings. The Balaban J connectivity index is 2.66. The Labute approximate surface area is 87.5 Å². The van der Waals surface area contributed by atoms with Crippen molar-refractivity contribution < 1.29 is 0 Å². The third kappa shape index (κ3) is 1.49. The van der Waals surface area contributed by atoms with Gasteiger partial charge in [0.05, 0.1) is 5.02 Å². The van der Waals surface area contributed by atoms with Gasteiger partial charge in [-0.2, -0.15) is 0 Å². The van der Waals surface area contributed by atoms with Crippen molar-refractivity contribution >= 4 is 17.2 Å². The first-order valence-corrected chi connectivity index (χ1v) is 4.92. The highest BCUT2D eigenvalue weighted by Crippen LogP contribution is 2.19. The van der Waals surface area contributed by atoms with Crippen molar-refractivity contribution in [3.8, 4) is 0 Å². The summed E-state index contributed by atoms with van der Waals surface area (Å²) in [6.07, 6.45) is 4.67. The zero-order chi connectivity index (χ0) is 10.1. The molecule has 2 aromatic rings. The Morgan fingerprint density at radius 1 is 1.57 bits per heavy atom. The van der Waals surface area contributed by atoms with E-state index in [2.05, 4.69) is 4.98 Å². The van der Waals surface area contributed by atoms with Crippen LogP contribution in [0.4, 0.5) is 0 Å². The van der Waals surface area contributed by atoms with Crippen LogP contribution in [-0.2, 0) is 6.42 Å². The molecule has 0 fully saturated rings. The van der Waals surface area contributed by atoms with E-state index in [1.807, 2.05) is 29.8 Å². The number of aryl methyl sites for hydroxylation is 1. The molecule has 0 amide bonds. The van der Waals surface area contributed by atoms with Crippen LogP contribution in [0.2, 0.25) is 5.02 Å². The minimum atomic E-state index is 0.624. The molecule has 0 atom stereocenters. The van der Waals surface area contributed by atoms with Crippen molar-refractivity contribution in [3.63, 3.8) is 0 Å². The Kier molecular flexibility index (Phi) is 2.44. The maximum absolute atomic E-state index is 6.06. The van der Waals surface area contributed by atoms with Crippen LogP contribution in [0.5, 0.6) is 0 Å². The monoisotopic (exact) mass is 209 g/mol. The molecule has 0 unspecified atom stereocenters. The lowest BCUT2D eigenvalue weighted by Gasteiger charge is -2.02. The second-order valence-corrected chi connectivity index (χ2v) is 3.75. The molecule has 2 heterocycles. The third-order valence-electron chi connectivity index (χ3n) is 2.17. The first kappa shape index (κ1) is 9.49. The normalized spacial score (nSPS) is 11.1. The van der Waals surface area contributed by atoms with Gasteiger partial charge in [0, 0.05) is 24.5 Å². The Morgan fingerprint density at radius 3 is 3.07 bits per heavy atom. The highest BCUT2D eigenvalue weighted by molar-refractivity contribution is 6.33. The van der Waals surface area contributed by atoms with Crippen molar-refractivity contribution in [1.29, 1.82) is 0 Å². The molecule has 14 heavy (non-hydrogen) atoms. The number of pyridine rings is 1. The molecule has 2 aromatic heterocycles. The predicted molar refractivity (Wildman–Crippen MR) is 57.7 cm³/mol. The average molecular weight is 210 g/mol. The summed E-state index contributed by atoms with van der Waals surface area (Å²) < 4.78 is 2.00. The summed E-state index contributed by atoms with van der Waals surface area (Å²) in [6.45, 7) is 2.64. The Bertz CT molecular complexity index is 462. The predicted octanol–water partition coefficient (Wildman–Crippen LogP) is 1.80. The van der Waals surface area contributed by atoms with E-state index < -0.39 is 0 Å². The van der Waals surface area contributed by atoms with E-state index in [9.17, 15) is 0 Å². The van der Waals surface area contributed by atoms with Crippen LogP contribution in [0, 0.1) is 6.92 Å². The first-order valence-electron chi connectivity index (χ1n) is 4.54. The summed E-state index contributed by atoms with van der Waals surface area (Å²) in [5.74, 6) is 0. The SMILES string of the molecule is Cc1cc(Cl)c2ncc(CCN)n2c1. The van der Waals surface area contributed by atoms with Gasteiger partial charge in [0.2, 0.25) is 0 Å². The lowest BCUT2D eigenvalue weighted by molar-refractivity contribution is 0.902. The van der Waals surface area contributed by atoms with Crippen molar-refractivity contribution in [3.05, 3.63) is 34.7 Å². The molecule has 2 N–H and O–H groups in total. The van der Waals surface area contributed by atoms with E-state index in [0.717, 1.165) is 23.3 Å². The average Bonchev–Trinajstić information content (AvgIpc) is 2.49. The number of halogens is 1. The molecule has 0 radical (unpaired) electrons. The number of rotatable bonds is 2. The van der Waals surface area contributed by atoms with Gasteiger partial charge in [0.25, 0.3) is 0 Å². The van der Waals surface area contributed by atoms with E-state index in [4.69, 9.17) is 17.3 Å². The number of nitrogens with two attached hydrogens (primary N) is 1. The largest absolute Gasteiger partial charge is 0.330 e. The topological polar surface area (TPSA) is 43.3 Å². The minimum Gasteiger partial charge on any atom is -0.330 e. The van der Waals surface area contributed by atoms with Crippen molar-refractivity contribution in [2.24, 2.45) is 5.73 Å². The summed E-state index contributed by atoms with van der Waals surface area (Å²) >= 11 is 6.06. The number of nitrogens with zero attached hydrogens (tertiary/aromatic N) is 2. The van der Waals surface area contributed by atoms with Gasteiger partial charge in [-0.05, 0) is 25.1 Å². The van der Waals surface area contributed by atoms with Crippen molar-refractivity contribution in [2.45, 2.75) is 13.3 Å². The summed E-state index contributed by atoms with van der Waals surface area (Å²) in [6, 6.07) is 1.91. The third-order valence-corrected chi connectivity index (χ3v) is 2.45. The summed E-state index contributed by atoms with van der Waals surface area (Å²) in [4.78, 5) is 4.25. The molecule has 0 spiro atoms. The van der Waals surface area contributed by atoms with Gasteiger partial charge in [-0.15, -0.1) is 0 Å². The van der Waals surface area contributed by atoms with Crippen LogP contribution in [-0.4, -0.2) is 15.9 Å². The van der Waals surface area contributed by atoms with Gasteiger partial charge in [0.15, 0.2) is 5.65 Å². The molecule has 0 saturated carbocycles. The summed E-state index contributed by atoms with van der Waals surface area (Å²) in [5.41, 5.74) is 8.55. The Hall–Kier alpha value is -1.06. The fourth-order valence-electron chi connectivity index (χ4n) is 1.56. The van der Waals surface area contributed by atoms with Gasteiger partial charge in [-0.1, -0.05) is 11.6 Å². The molecular formula is C10H12ClN3. The molecule has 0 bridgehead atoms. The van der Waals surface area contributed by atoms with Gasteiger partial charge < -0.3 is 10.1 Å². The number of imidazole rings is 1. The van der Waals surface area contributed by atoms with Gasteiger partial charge in [-0.3, -0.25) is 0 Å². The fourth-order valence-corrected chi connectivity index (χ4v) is 1.87. The highest BCUT2D eigenvalue weighted by Gasteiger charge is 2.06. The number of hydrogen-bond donors (Lipinski definition) is 1. The maximum atomic E-state index is 6.06. The van der Waals surface area contributed by atoms with Gasteiger partial charge >= 0.3 is 0 Å². The molecule has 0 aliphatic carbocycles. The molecule has 2 rings (SSSR count). The van der Waals surface area contributed by atoms with Gasteiger partial charge in [-0.25, -0.2) is 4.98 Å². The molecule has 74 valence electrons. The molecule has 3 nitrogen and oxygen atoms in total. The summed E-state index contributed by atoms with van der Waals surface area (Å²) in [7, 11) is 0. The first-order chi connectivity index (χ1) is 6.72. The van der Waals surface area contributed by atoms with E-state index in [-0.39, 0.29) is 0 Å². The fraction of sp³-hybridized carbons (Fsp3) is 0.300. The molecular weight excluding hydrogens is 198 g/mol.